The van der Waals surface area contributed by atoms with E-state index in [4.69, 9.17) is 12.2 Å². The quantitative estimate of drug-likeness (QED) is 0.543. The number of piperazine rings is 1. The van der Waals surface area contributed by atoms with Gasteiger partial charge in [0.05, 0.1) is 23.3 Å². The number of anilines is 1. The van der Waals surface area contributed by atoms with Crippen molar-refractivity contribution in [1.29, 1.82) is 0 Å². The number of nitrogens with zero attached hydrogens (tertiary/aromatic N) is 3. The minimum Gasteiger partial charge on any atom is -0.362 e. The number of alkyl halides is 3. The van der Waals surface area contributed by atoms with Crippen LogP contribution in [0.15, 0.2) is 24.3 Å². The Morgan fingerprint density at radius 2 is 1.91 bits per heavy atom. The van der Waals surface area contributed by atoms with E-state index in [1.807, 2.05) is 4.90 Å². The Kier molecular flexibility index (Phi) is 5.30. The van der Waals surface area contributed by atoms with Gasteiger partial charge in [-0.05, 0) is 55.6 Å². The van der Waals surface area contributed by atoms with E-state index in [1.165, 1.54) is 49.1 Å². The zero-order chi connectivity index (χ0) is 22.6. The number of urea groups is 1. The summed E-state index contributed by atoms with van der Waals surface area (Å²) >= 11 is 5.62. The van der Waals surface area contributed by atoms with Gasteiger partial charge in [-0.3, -0.25) is 4.79 Å². The first-order chi connectivity index (χ1) is 15.3. The van der Waals surface area contributed by atoms with E-state index in [-0.39, 0.29) is 17.8 Å². The van der Waals surface area contributed by atoms with Crippen molar-refractivity contribution in [3.8, 4) is 0 Å². The lowest BCUT2D eigenvalue weighted by Crippen LogP contribution is -2.57. The average molecular weight is 467 g/mol. The van der Waals surface area contributed by atoms with Crippen LogP contribution in [0, 0.1) is 5.92 Å². The van der Waals surface area contributed by atoms with Crippen LogP contribution in [-0.2, 0) is 11.0 Å². The summed E-state index contributed by atoms with van der Waals surface area (Å²) in [4.78, 5) is 30.7. The molecule has 0 unspecified atom stereocenters. The summed E-state index contributed by atoms with van der Waals surface area (Å²) in [6.45, 7) is 1.34. The molecule has 3 amide bonds. The molecule has 5 rings (SSSR count). The molecule has 10 heteroatoms. The van der Waals surface area contributed by atoms with Gasteiger partial charge in [0.15, 0.2) is 5.11 Å². The van der Waals surface area contributed by atoms with Gasteiger partial charge in [0, 0.05) is 13.1 Å². The fraction of sp³-hybridized carbons (Fsp3) is 0.591. The molecule has 3 aliphatic heterocycles. The van der Waals surface area contributed by atoms with Crippen LogP contribution in [0.3, 0.4) is 0 Å². The Labute approximate surface area is 189 Å². The average Bonchev–Trinajstić information content (AvgIpc) is 3.43. The molecule has 172 valence electrons. The standard InChI is InChI=1S/C22H25F3N4O2S/c23-22(24,25)14-7-4-8-15(9-14)29-19(30)18-17-10-16(28(18)21(29)31)12-27(17)20(32)26-11-13-5-2-1-3-6-13/h4,7-9,13,16-18H,1-3,5-6,10-12H2,(H,26,32)/t16-,17-,18-/m0/s1. The number of hydrogen-bond acceptors (Lipinski definition) is 3. The first-order valence-corrected chi connectivity index (χ1v) is 11.5. The van der Waals surface area contributed by atoms with Crippen LogP contribution in [0.1, 0.15) is 44.1 Å². The van der Waals surface area contributed by atoms with Gasteiger partial charge in [-0.25, -0.2) is 9.69 Å². The molecule has 4 fully saturated rings. The molecule has 0 radical (unpaired) electrons. The highest BCUT2D eigenvalue weighted by molar-refractivity contribution is 7.80. The third-order valence-corrected chi connectivity index (χ3v) is 7.60. The number of amides is 3. The van der Waals surface area contributed by atoms with Crippen LogP contribution in [0.25, 0.3) is 0 Å². The van der Waals surface area contributed by atoms with Crippen LogP contribution < -0.4 is 10.2 Å². The topological polar surface area (TPSA) is 55.9 Å². The summed E-state index contributed by atoms with van der Waals surface area (Å²) < 4.78 is 39.4. The Balaban J connectivity index is 1.31. The van der Waals surface area contributed by atoms with Crippen molar-refractivity contribution in [2.45, 2.75) is 62.8 Å². The summed E-state index contributed by atoms with van der Waals surface area (Å²) in [5.74, 6) is 0.116. The number of thiocarbonyl (C=S) groups is 1. The molecule has 1 N–H and O–H groups in total. The molecule has 1 saturated carbocycles. The van der Waals surface area contributed by atoms with Gasteiger partial charge in [0.1, 0.15) is 6.04 Å². The molecule has 1 aliphatic carbocycles. The smallest absolute Gasteiger partial charge is 0.362 e. The summed E-state index contributed by atoms with van der Waals surface area (Å²) in [5, 5.41) is 3.95. The van der Waals surface area contributed by atoms with Gasteiger partial charge in [-0.2, -0.15) is 13.2 Å². The molecule has 32 heavy (non-hydrogen) atoms. The highest BCUT2D eigenvalue weighted by Crippen LogP contribution is 2.43. The summed E-state index contributed by atoms with van der Waals surface area (Å²) in [6.07, 6.45) is 2.24. The largest absolute Gasteiger partial charge is 0.416 e. The number of carbonyl (C=O) groups is 2. The van der Waals surface area contributed by atoms with Crippen LogP contribution in [0.2, 0.25) is 0 Å². The molecule has 2 bridgehead atoms. The van der Waals surface area contributed by atoms with Crippen LogP contribution >= 0.6 is 12.2 Å². The lowest BCUT2D eigenvalue weighted by Gasteiger charge is -2.37. The number of halogens is 3. The predicted molar refractivity (Wildman–Crippen MR) is 116 cm³/mol. The molecule has 3 atom stereocenters. The SMILES string of the molecule is O=C1[C@@H]2[C@@H]3C[C@@H](CN3C(=S)NCC3CCCCC3)N2C(=O)N1c1cccc(C(F)(F)F)c1. The van der Waals surface area contributed by atoms with Crippen molar-refractivity contribution < 1.29 is 22.8 Å². The van der Waals surface area contributed by atoms with Gasteiger partial charge in [0.25, 0.3) is 5.91 Å². The third kappa shape index (κ3) is 3.52. The molecule has 1 aromatic rings. The number of hydrogen-bond donors (Lipinski definition) is 1. The molecule has 6 nitrogen and oxygen atoms in total. The molecular formula is C22H25F3N4O2S. The van der Waals surface area contributed by atoms with Gasteiger partial charge in [0.2, 0.25) is 0 Å². The number of likely N-dealkylation sites (tertiary alicyclic amines) is 1. The van der Waals surface area contributed by atoms with Gasteiger partial charge in [-0.1, -0.05) is 25.3 Å². The minimum absolute atomic E-state index is 0.0480. The Hall–Kier alpha value is -2.36. The van der Waals surface area contributed by atoms with E-state index in [1.54, 1.807) is 0 Å². The van der Waals surface area contributed by atoms with Crippen molar-refractivity contribution in [3.05, 3.63) is 29.8 Å². The zero-order valence-electron chi connectivity index (χ0n) is 17.5. The van der Waals surface area contributed by atoms with E-state index in [0.717, 1.165) is 23.6 Å². The van der Waals surface area contributed by atoms with E-state index in [2.05, 4.69) is 5.32 Å². The predicted octanol–water partition coefficient (Wildman–Crippen LogP) is 3.75. The summed E-state index contributed by atoms with van der Waals surface area (Å²) in [7, 11) is 0. The van der Waals surface area contributed by atoms with Crippen LogP contribution in [-0.4, -0.2) is 58.1 Å². The lowest BCUT2D eigenvalue weighted by atomic mass is 9.89. The fourth-order valence-electron chi connectivity index (χ4n) is 5.67. The van der Waals surface area contributed by atoms with E-state index < -0.39 is 29.7 Å². The molecule has 3 saturated heterocycles. The number of fused-ring (bicyclic) bond motifs is 5. The Bertz CT molecular complexity index is 949. The molecule has 0 aromatic heterocycles. The number of imide groups is 1. The second-order valence-corrected chi connectivity index (χ2v) is 9.54. The highest BCUT2D eigenvalue weighted by Gasteiger charge is 2.62. The minimum atomic E-state index is -4.55. The summed E-state index contributed by atoms with van der Waals surface area (Å²) in [5.41, 5.74) is -0.937. The number of benzene rings is 1. The highest BCUT2D eigenvalue weighted by atomic mass is 32.1. The van der Waals surface area contributed by atoms with Crippen molar-refractivity contribution in [2.24, 2.45) is 5.92 Å². The molecule has 4 aliphatic rings. The first kappa shape index (κ1) is 21.5. The lowest BCUT2D eigenvalue weighted by molar-refractivity contribution is -0.137. The monoisotopic (exact) mass is 466 g/mol. The van der Waals surface area contributed by atoms with Crippen LogP contribution in [0.5, 0.6) is 0 Å². The maximum absolute atomic E-state index is 13.2. The zero-order valence-corrected chi connectivity index (χ0v) is 18.3. The van der Waals surface area contributed by atoms with Crippen molar-refractivity contribution >= 4 is 35.0 Å². The van der Waals surface area contributed by atoms with Crippen molar-refractivity contribution in [2.75, 3.05) is 18.0 Å². The molecule has 3 heterocycles. The number of carbonyl (C=O) groups excluding carboxylic acids is 2. The van der Waals surface area contributed by atoms with E-state index in [9.17, 15) is 22.8 Å². The third-order valence-electron chi connectivity index (χ3n) is 7.22. The second kappa shape index (κ2) is 7.90. The van der Waals surface area contributed by atoms with Gasteiger partial charge < -0.3 is 15.1 Å². The van der Waals surface area contributed by atoms with Gasteiger partial charge >= 0.3 is 12.2 Å². The van der Waals surface area contributed by atoms with Crippen molar-refractivity contribution in [3.63, 3.8) is 0 Å². The number of rotatable bonds is 3. The molecule has 0 spiro atoms. The fourth-order valence-corrected chi connectivity index (χ4v) is 5.97. The normalized spacial score (nSPS) is 28.0. The maximum Gasteiger partial charge on any atom is 0.416 e. The van der Waals surface area contributed by atoms with E-state index in [0.29, 0.717) is 24.0 Å². The Morgan fingerprint density at radius 3 is 2.62 bits per heavy atom. The summed E-state index contributed by atoms with van der Waals surface area (Å²) in [6, 6.07) is 2.67. The van der Waals surface area contributed by atoms with Crippen LogP contribution in [0.4, 0.5) is 23.7 Å². The van der Waals surface area contributed by atoms with Gasteiger partial charge in [-0.15, -0.1) is 0 Å². The maximum atomic E-state index is 13.2. The molecular weight excluding hydrogens is 441 g/mol. The van der Waals surface area contributed by atoms with E-state index >= 15 is 0 Å². The number of nitrogens with one attached hydrogen (secondary N) is 1. The Morgan fingerprint density at radius 1 is 1.16 bits per heavy atom. The second-order valence-electron chi connectivity index (χ2n) is 9.16. The molecule has 1 aromatic carbocycles. The first-order valence-electron chi connectivity index (χ1n) is 11.1. The van der Waals surface area contributed by atoms with Crippen molar-refractivity contribution in [1.82, 2.24) is 15.1 Å².